The smallest absolute Gasteiger partial charge is 0.224 e. The molecule has 0 atom stereocenters. The number of carbonyl (C=O) groups is 1. The zero-order valence-corrected chi connectivity index (χ0v) is 10.6. The Hall–Kier alpha value is -0.580. The van der Waals surface area contributed by atoms with Crippen molar-refractivity contribution in [2.45, 2.75) is 12.8 Å². The lowest BCUT2D eigenvalue weighted by Crippen LogP contribution is -2.13. The van der Waals surface area contributed by atoms with Gasteiger partial charge in [-0.3, -0.25) is 4.79 Å². The maximum Gasteiger partial charge on any atom is 0.224 e. The quantitative estimate of drug-likeness (QED) is 0.896. The summed E-state index contributed by atoms with van der Waals surface area (Å²) in [6, 6.07) is 7.48. The molecule has 15 heavy (non-hydrogen) atoms. The third-order valence-corrected chi connectivity index (χ3v) is 2.26. The molecule has 0 saturated carbocycles. The van der Waals surface area contributed by atoms with Crippen LogP contribution < -0.4 is 11.1 Å². The van der Waals surface area contributed by atoms with Gasteiger partial charge in [0.1, 0.15) is 0 Å². The first-order valence-corrected chi connectivity index (χ1v) is 5.27. The van der Waals surface area contributed by atoms with Gasteiger partial charge in [0, 0.05) is 16.6 Å². The Morgan fingerprint density at radius 2 is 1.93 bits per heavy atom. The summed E-state index contributed by atoms with van der Waals surface area (Å²) in [5.41, 5.74) is 6.12. The van der Waals surface area contributed by atoms with E-state index in [0.29, 0.717) is 13.0 Å². The summed E-state index contributed by atoms with van der Waals surface area (Å²) >= 11 is 3.32. The third kappa shape index (κ3) is 5.77. The Kier molecular flexibility index (Phi) is 7.38. The molecule has 1 aromatic rings. The molecule has 1 aromatic carbocycles. The van der Waals surface area contributed by atoms with Crippen LogP contribution in [0, 0.1) is 0 Å². The molecule has 0 radical (unpaired) electrons. The normalized spacial score (nSPS) is 9.20. The van der Waals surface area contributed by atoms with Crippen molar-refractivity contribution in [3.8, 4) is 0 Å². The van der Waals surface area contributed by atoms with Crippen LogP contribution in [-0.2, 0) is 4.79 Å². The summed E-state index contributed by atoms with van der Waals surface area (Å²) in [5.74, 6) is 0.0118. The largest absolute Gasteiger partial charge is 0.330 e. The van der Waals surface area contributed by atoms with Gasteiger partial charge < -0.3 is 11.1 Å². The molecule has 3 N–H and O–H groups in total. The number of benzene rings is 1. The Morgan fingerprint density at radius 3 is 2.47 bits per heavy atom. The van der Waals surface area contributed by atoms with E-state index in [1.165, 1.54) is 0 Å². The summed E-state index contributed by atoms with van der Waals surface area (Å²) in [7, 11) is 0. The molecule has 1 rings (SSSR count). The minimum Gasteiger partial charge on any atom is -0.330 e. The van der Waals surface area contributed by atoms with E-state index in [1.807, 2.05) is 24.3 Å². The third-order valence-electron chi connectivity index (χ3n) is 1.74. The maximum absolute atomic E-state index is 11.3. The van der Waals surface area contributed by atoms with Crippen LogP contribution in [0.25, 0.3) is 0 Å². The first-order valence-electron chi connectivity index (χ1n) is 4.48. The summed E-state index contributed by atoms with van der Waals surface area (Å²) in [5, 5.41) is 2.79. The van der Waals surface area contributed by atoms with Crippen molar-refractivity contribution in [3.63, 3.8) is 0 Å². The summed E-state index contributed by atoms with van der Waals surface area (Å²) in [4.78, 5) is 11.3. The van der Waals surface area contributed by atoms with Crippen molar-refractivity contribution in [2.24, 2.45) is 5.73 Å². The molecule has 0 fully saturated rings. The predicted octanol–water partition coefficient (Wildman–Crippen LogP) is 2.55. The number of nitrogens with two attached hydrogens (primary N) is 1. The number of anilines is 1. The molecule has 0 heterocycles. The Bertz CT molecular complexity index is 303. The van der Waals surface area contributed by atoms with E-state index in [2.05, 4.69) is 21.2 Å². The van der Waals surface area contributed by atoms with Crippen LogP contribution in [0.2, 0.25) is 0 Å². The number of hydrogen-bond donors (Lipinski definition) is 2. The van der Waals surface area contributed by atoms with Gasteiger partial charge in [-0.2, -0.15) is 0 Å². The van der Waals surface area contributed by atoms with Crippen molar-refractivity contribution in [1.82, 2.24) is 0 Å². The summed E-state index contributed by atoms with van der Waals surface area (Å²) in [6.45, 7) is 0.549. The van der Waals surface area contributed by atoms with E-state index in [-0.39, 0.29) is 18.3 Å². The fourth-order valence-electron chi connectivity index (χ4n) is 1.02. The van der Waals surface area contributed by atoms with Gasteiger partial charge in [-0.1, -0.05) is 15.9 Å². The predicted molar refractivity (Wildman–Crippen MR) is 68.3 cm³/mol. The molecule has 0 aromatic heterocycles. The fraction of sp³-hybridized carbons (Fsp3) is 0.300. The molecule has 0 aliphatic rings. The van der Waals surface area contributed by atoms with Gasteiger partial charge in [0.25, 0.3) is 0 Å². The minimum atomic E-state index is 0. The lowest BCUT2D eigenvalue weighted by molar-refractivity contribution is -0.116. The van der Waals surface area contributed by atoms with E-state index in [4.69, 9.17) is 5.73 Å². The second kappa shape index (κ2) is 7.68. The van der Waals surface area contributed by atoms with Gasteiger partial charge in [-0.25, -0.2) is 0 Å². The van der Waals surface area contributed by atoms with Gasteiger partial charge in [0.05, 0.1) is 0 Å². The molecule has 1 amide bonds. The molecule has 0 saturated heterocycles. The zero-order chi connectivity index (χ0) is 10.4. The number of amides is 1. The molecule has 0 aliphatic carbocycles. The highest BCUT2D eigenvalue weighted by atomic mass is 79.9. The first-order chi connectivity index (χ1) is 6.72. The van der Waals surface area contributed by atoms with E-state index in [9.17, 15) is 4.79 Å². The summed E-state index contributed by atoms with van der Waals surface area (Å²) < 4.78 is 0.998. The van der Waals surface area contributed by atoms with Crippen LogP contribution in [0.4, 0.5) is 5.69 Å². The molecule has 0 spiro atoms. The Morgan fingerprint density at radius 1 is 1.33 bits per heavy atom. The average Bonchev–Trinajstić information content (AvgIpc) is 2.18. The van der Waals surface area contributed by atoms with Crippen molar-refractivity contribution >= 4 is 39.9 Å². The second-order valence-electron chi connectivity index (χ2n) is 2.95. The van der Waals surface area contributed by atoms with Gasteiger partial charge >= 0.3 is 0 Å². The van der Waals surface area contributed by atoms with Crippen molar-refractivity contribution in [2.75, 3.05) is 11.9 Å². The molecular weight excluding hydrogens is 279 g/mol. The van der Waals surface area contributed by atoms with E-state index in [1.54, 1.807) is 0 Å². The van der Waals surface area contributed by atoms with E-state index >= 15 is 0 Å². The van der Waals surface area contributed by atoms with Crippen LogP contribution in [0.1, 0.15) is 12.8 Å². The minimum absolute atomic E-state index is 0. The van der Waals surface area contributed by atoms with Crippen LogP contribution in [-0.4, -0.2) is 12.5 Å². The molecule has 84 valence electrons. The Balaban J connectivity index is 0.00000196. The van der Waals surface area contributed by atoms with Crippen LogP contribution in [0.15, 0.2) is 28.7 Å². The van der Waals surface area contributed by atoms with Gasteiger partial charge in [0.15, 0.2) is 0 Å². The molecule has 0 bridgehead atoms. The van der Waals surface area contributed by atoms with Crippen molar-refractivity contribution < 1.29 is 4.79 Å². The van der Waals surface area contributed by atoms with Gasteiger partial charge in [-0.05, 0) is 37.2 Å². The molecule has 0 unspecified atom stereocenters. The highest BCUT2D eigenvalue weighted by Gasteiger charge is 2.00. The molecular formula is C10H14BrClN2O. The topological polar surface area (TPSA) is 55.1 Å². The molecule has 3 nitrogen and oxygen atoms in total. The van der Waals surface area contributed by atoms with Gasteiger partial charge in [0.2, 0.25) is 5.91 Å². The SMILES string of the molecule is Cl.NCCCC(=O)Nc1ccc(Br)cc1. The van der Waals surface area contributed by atoms with E-state index in [0.717, 1.165) is 16.6 Å². The Labute approximate surface area is 104 Å². The van der Waals surface area contributed by atoms with Crippen LogP contribution in [0.3, 0.4) is 0 Å². The number of hydrogen-bond acceptors (Lipinski definition) is 2. The second-order valence-corrected chi connectivity index (χ2v) is 3.86. The van der Waals surface area contributed by atoms with Gasteiger partial charge in [-0.15, -0.1) is 12.4 Å². The van der Waals surface area contributed by atoms with Crippen molar-refractivity contribution in [1.29, 1.82) is 0 Å². The summed E-state index contributed by atoms with van der Waals surface area (Å²) in [6.07, 6.45) is 1.20. The number of rotatable bonds is 4. The fourth-order valence-corrected chi connectivity index (χ4v) is 1.28. The molecule has 0 aliphatic heterocycles. The lowest BCUT2D eigenvalue weighted by Gasteiger charge is -2.04. The highest BCUT2D eigenvalue weighted by molar-refractivity contribution is 9.10. The average molecular weight is 294 g/mol. The lowest BCUT2D eigenvalue weighted by atomic mass is 10.2. The zero-order valence-electron chi connectivity index (χ0n) is 8.20. The van der Waals surface area contributed by atoms with Crippen LogP contribution >= 0.6 is 28.3 Å². The number of halogens is 2. The monoisotopic (exact) mass is 292 g/mol. The van der Waals surface area contributed by atoms with E-state index < -0.39 is 0 Å². The number of nitrogens with one attached hydrogen (secondary N) is 1. The maximum atomic E-state index is 11.3. The van der Waals surface area contributed by atoms with Crippen LogP contribution in [0.5, 0.6) is 0 Å². The van der Waals surface area contributed by atoms with Crippen molar-refractivity contribution in [3.05, 3.63) is 28.7 Å². The first kappa shape index (κ1) is 14.4. The standard InChI is InChI=1S/C10H13BrN2O.ClH/c11-8-3-5-9(6-4-8)13-10(14)2-1-7-12;/h3-6H,1-2,7,12H2,(H,13,14);1H. The number of carbonyl (C=O) groups excluding carboxylic acids is 1. The molecule has 5 heteroatoms. The highest BCUT2D eigenvalue weighted by Crippen LogP contribution is 2.14.